The van der Waals surface area contributed by atoms with E-state index in [0.717, 1.165) is 11.1 Å². The van der Waals surface area contributed by atoms with Crippen molar-refractivity contribution in [2.24, 2.45) is 0 Å². The maximum atomic E-state index is 13.3. The first-order valence-corrected chi connectivity index (χ1v) is 8.55. The molecule has 0 saturated carbocycles. The van der Waals surface area contributed by atoms with Crippen LogP contribution in [0.3, 0.4) is 0 Å². The molecule has 7 heteroatoms. The first-order valence-electron chi connectivity index (χ1n) is 8.55. The Balaban J connectivity index is 1.85. The molecule has 1 amide bonds. The fourth-order valence-corrected chi connectivity index (χ4v) is 3.12. The number of non-ortho nitro benzene ring substituents is 1. The first kappa shape index (κ1) is 17.7. The van der Waals surface area contributed by atoms with Crippen molar-refractivity contribution in [2.45, 2.75) is 13.5 Å². The zero-order chi connectivity index (χ0) is 19.8. The third-order valence-electron chi connectivity index (χ3n) is 4.53. The summed E-state index contributed by atoms with van der Waals surface area (Å²) in [4.78, 5) is 25.4. The molecular weight excluding hydrogens is 363 g/mol. The summed E-state index contributed by atoms with van der Waals surface area (Å²) in [6.45, 7) is 2.07. The summed E-state index contributed by atoms with van der Waals surface area (Å²) >= 11 is 0. The Hall–Kier alpha value is -3.74. The second-order valence-electron chi connectivity index (χ2n) is 6.53. The van der Waals surface area contributed by atoms with Gasteiger partial charge in [-0.05, 0) is 48.4 Å². The topological polar surface area (TPSA) is 72.7 Å². The summed E-state index contributed by atoms with van der Waals surface area (Å²) in [5, 5.41) is 11.2. The minimum atomic E-state index is -0.556. The van der Waals surface area contributed by atoms with Gasteiger partial charge in [-0.15, -0.1) is 0 Å². The van der Waals surface area contributed by atoms with E-state index in [1.807, 2.05) is 13.0 Å². The van der Waals surface area contributed by atoms with Crippen molar-refractivity contribution in [1.29, 1.82) is 0 Å². The Morgan fingerprint density at radius 1 is 1.04 bits per heavy atom. The van der Waals surface area contributed by atoms with Crippen LogP contribution in [-0.4, -0.2) is 10.8 Å². The van der Waals surface area contributed by atoms with Crippen LogP contribution in [0.2, 0.25) is 0 Å². The average molecular weight is 378 g/mol. The quantitative estimate of drug-likeness (QED) is 0.475. The van der Waals surface area contributed by atoms with Crippen molar-refractivity contribution in [2.75, 3.05) is 4.90 Å². The molecular formula is C21H15FN2O4. The molecule has 0 unspecified atom stereocenters. The molecule has 3 aromatic carbocycles. The smallest absolute Gasteiger partial charge is 0.270 e. The van der Waals surface area contributed by atoms with Crippen LogP contribution in [0, 0.1) is 22.9 Å². The van der Waals surface area contributed by atoms with Gasteiger partial charge < -0.3 is 9.64 Å². The molecule has 0 N–H and O–H groups in total. The van der Waals surface area contributed by atoms with E-state index < -0.39 is 10.8 Å². The van der Waals surface area contributed by atoms with Gasteiger partial charge in [-0.2, -0.15) is 0 Å². The number of benzene rings is 3. The molecule has 28 heavy (non-hydrogen) atoms. The fraction of sp³-hybridized carbons (Fsp3) is 0.0952. The number of nitro benzene ring substituents is 1. The van der Waals surface area contributed by atoms with Crippen LogP contribution in [0.1, 0.15) is 21.5 Å². The molecule has 1 aliphatic rings. The van der Waals surface area contributed by atoms with Crippen molar-refractivity contribution < 1.29 is 18.8 Å². The monoisotopic (exact) mass is 378 g/mol. The lowest BCUT2D eigenvalue weighted by Gasteiger charge is -2.22. The Morgan fingerprint density at radius 2 is 1.79 bits per heavy atom. The van der Waals surface area contributed by atoms with Crippen LogP contribution in [0.5, 0.6) is 11.5 Å². The van der Waals surface area contributed by atoms with E-state index in [0.29, 0.717) is 11.4 Å². The molecule has 0 aliphatic carbocycles. The minimum absolute atomic E-state index is 0.102. The number of nitro groups is 1. The highest BCUT2D eigenvalue weighted by Crippen LogP contribution is 2.41. The Labute approximate surface area is 159 Å². The number of anilines is 1. The number of amides is 1. The zero-order valence-corrected chi connectivity index (χ0v) is 14.9. The Bertz CT molecular complexity index is 1100. The molecule has 1 aliphatic heterocycles. The number of nitrogens with zero attached hydrogens (tertiary/aromatic N) is 2. The number of aryl methyl sites for hydroxylation is 1. The van der Waals surface area contributed by atoms with Gasteiger partial charge in [0.2, 0.25) is 0 Å². The summed E-state index contributed by atoms with van der Waals surface area (Å²) in [7, 11) is 0. The van der Waals surface area contributed by atoms with Crippen molar-refractivity contribution in [3.63, 3.8) is 0 Å². The number of ether oxygens (including phenoxy) is 1. The third kappa shape index (κ3) is 3.18. The predicted octanol–water partition coefficient (Wildman–Crippen LogP) is 5.00. The molecule has 1 heterocycles. The summed E-state index contributed by atoms with van der Waals surface area (Å²) in [6.07, 6.45) is 0. The molecule has 0 radical (unpaired) electrons. The number of fused-ring (bicyclic) bond motifs is 2. The van der Waals surface area contributed by atoms with E-state index in [-0.39, 0.29) is 29.4 Å². The van der Waals surface area contributed by atoms with E-state index in [2.05, 4.69) is 0 Å². The van der Waals surface area contributed by atoms with Crippen LogP contribution in [0.15, 0.2) is 60.7 Å². The highest BCUT2D eigenvalue weighted by Gasteiger charge is 2.30. The van der Waals surface area contributed by atoms with Gasteiger partial charge in [0.25, 0.3) is 11.6 Å². The molecule has 4 rings (SSSR count). The molecule has 140 valence electrons. The van der Waals surface area contributed by atoms with E-state index in [1.54, 1.807) is 24.3 Å². The molecule has 3 aromatic rings. The Morgan fingerprint density at radius 3 is 2.50 bits per heavy atom. The standard InChI is InChI=1S/C21H15FN2O4/c1-13-2-8-18-20(10-13)28-19-9-7-16(24(26)27)11-17(19)21(25)23(18)12-14-3-5-15(22)6-4-14/h2-11H,12H2,1H3. The average Bonchev–Trinajstić information content (AvgIpc) is 2.78. The second-order valence-corrected chi connectivity index (χ2v) is 6.53. The van der Waals surface area contributed by atoms with E-state index in [4.69, 9.17) is 4.74 Å². The summed E-state index contributed by atoms with van der Waals surface area (Å²) in [6, 6.07) is 15.2. The molecule has 0 spiro atoms. The van der Waals surface area contributed by atoms with Crippen LogP contribution < -0.4 is 9.64 Å². The highest BCUT2D eigenvalue weighted by molar-refractivity contribution is 6.10. The zero-order valence-electron chi connectivity index (χ0n) is 14.9. The van der Waals surface area contributed by atoms with E-state index in [9.17, 15) is 19.3 Å². The van der Waals surface area contributed by atoms with Crippen LogP contribution in [-0.2, 0) is 6.54 Å². The summed E-state index contributed by atoms with van der Waals surface area (Å²) < 4.78 is 19.2. The van der Waals surface area contributed by atoms with Gasteiger partial charge in [-0.3, -0.25) is 14.9 Å². The van der Waals surface area contributed by atoms with Crippen molar-refractivity contribution in [3.8, 4) is 11.5 Å². The Kier molecular flexibility index (Phi) is 4.27. The normalized spacial score (nSPS) is 12.6. The number of rotatable bonds is 3. The van der Waals surface area contributed by atoms with Gasteiger partial charge in [0.1, 0.15) is 11.6 Å². The highest BCUT2D eigenvalue weighted by atomic mass is 19.1. The van der Waals surface area contributed by atoms with E-state index in [1.165, 1.54) is 35.2 Å². The number of halogens is 1. The molecule has 0 atom stereocenters. The van der Waals surface area contributed by atoms with Gasteiger partial charge in [-0.1, -0.05) is 18.2 Å². The lowest BCUT2D eigenvalue weighted by molar-refractivity contribution is -0.384. The maximum Gasteiger partial charge on any atom is 0.270 e. The third-order valence-corrected chi connectivity index (χ3v) is 4.53. The van der Waals surface area contributed by atoms with Gasteiger partial charge >= 0.3 is 0 Å². The lowest BCUT2D eigenvalue weighted by atomic mass is 10.1. The van der Waals surface area contributed by atoms with Gasteiger partial charge in [0.15, 0.2) is 5.75 Å². The molecule has 0 aromatic heterocycles. The second kappa shape index (κ2) is 6.77. The van der Waals surface area contributed by atoms with Crippen molar-refractivity contribution >= 4 is 17.3 Å². The molecule has 0 saturated heterocycles. The molecule has 0 bridgehead atoms. The largest absolute Gasteiger partial charge is 0.454 e. The van der Waals surface area contributed by atoms with Crippen LogP contribution in [0.4, 0.5) is 15.8 Å². The lowest BCUT2D eigenvalue weighted by Crippen LogP contribution is -2.29. The van der Waals surface area contributed by atoms with Crippen LogP contribution >= 0.6 is 0 Å². The van der Waals surface area contributed by atoms with Gasteiger partial charge in [0, 0.05) is 12.1 Å². The minimum Gasteiger partial charge on any atom is -0.454 e. The van der Waals surface area contributed by atoms with Crippen molar-refractivity contribution in [1.82, 2.24) is 0 Å². The first-order chi connectivity index (χ1) is 13.4. The molecule has 0 fully saturated rings. The fourth-order valence-electron chi connectivity index (χ4n) is 3.12. The number of hydrogen-bond acceptors (Lipinski definition) is 4. The van der Waals surface area contributed by atoms with E-state index >= 15 is 0 Å². The number of hydrogen-bond donors (Lipinski definition) is 0. The summed E-state index contributed by atoms with van der Waals surface area (Å²) in [5.41, 5.74) is 2.11. The van der Waals surface area contributed by atoms with Crippen molar-refractivity contribution in [3.05, 3.63) is 93.3 Å². The number of carbonyl (C=O) groups is 1. The predicted molar refractivity (Wildman–Crippen MR) is 101 cm³/mol. The van der Waals surface area contributed by atoms with Crippen LogP contribution in [0.25, 0.3) is 0 Å². The SMILES string of the molecule is Cc1ccc2c(c1)Oc1ccc([N+](=O)[O-])cc1C(=O)N2Cc1ccc(F)cc1. The number of carbonyl (C=O) groups excluding carboxylic acids is 1. The summed E-state index contributed by atoms with van der Waals surface area (Å²) in [5.74, 6) is -0.0657. The molecule has 6 nitrogen and oxygen atoms in total. The van der Waals surface area contributed by atoms with Gasteiger partial charge in [0.05, 0.1) is 22.7 Å². The van der Waals surface area contributed by atoms with Gasteiger partial charge in [-0.25, -0.2) is 4.39 Å². The maximum absolute atomic E-state index is 13.3.